The molecule has 2 aromatic rings. The van der Waals surface area contributed by atoms with Crippen LogP contribution in [0.1, 0.15) is 32.1 Å². The van der Waals surface area contributed by atoms with Crippen molar-refractivity contribution in [2.75, 3.05) is 25.8 Å². The van der Waals surface area contributed by atoms with Gasteiger partial charge in [-0.05, 0) is 31.0 Å². The molecule has 1 aliphatic carbocycles. The monoisotopic (exact) mass is 475 g/mol. The Morgan fingerprint density at radius 1 is 1.18 bits per heavy atom. The molecule has 12 nitrogen and oxygen atoms in total. The Morgan fingerprint density at radius 3 is 2.61 bits per heavy atom. The fraction of sp³-hybridized carbons (Fsp3) is 0.450. The van der Waals surface area contributed by atoms with Crippen LogP contribution in [0.15, 0.2) is 23.4 Å². The Labute approximate surface area is 194 Å². The molecule has 1 spiro atoms. The van der Waals surface area contributed by atoms with Gasteiger partial charge in [0.05, 0.1) is 20.0 Å². The molecule has 4 N–H and O–H groups in total. The minimum Gasteiger partial charge on any atom is -0.493 e. The molecule has 1 aromatic heterocycles. The van der Waals surface area contributed by atoms with Crippen LogP contribution in [0, 0.1) is 0 Å². The van der Waals surface area contributed by atoms with Crippen LogP contribution < -0.4 is 26.1 Å². The number of nitrogens with one attached hydrogen (secondary N) is 2. The predicted molar refractivity (Wildman–Crippen MR) is 119 cm³/mol. The predicted octanol–water partition coefficient (Wildman–Crippen LogP) is 1.05. The molecule has 1 saturated carbocycles. The Balaban J connectivity index is 1.39. The molecule has 0 bridgehead atoms. The highest BCUT2D eigenvalue weighted by Crippen LogP contribution is 2.34. The van der Waals surface area contributed by atoms with Crippen molar-refractivity contribution in [3.05, 3.63) is 18.2 Å². The fourth-order valence-electron chi connectivity index (χ4n) is 4.05. The Bertz CT molecular complexity index is 1080. The van der Waals surface area contributed by atoms with Crippen molar-refractivity contribution in [1.82, 2.24) is 30.6 Å². The Morgan fingerprint density at radius 2 is 1.91 bits per heavy atom. The maximum atomic E-state index is 12.8. The number of aromatic nitrogens is 3. The normalized spacial score (nSPS) is 17.2. The number of urea groups is 1. The van der Waals surface area contributed by atoms with Crippen LogP contribution in [0.3, 0.4) is 0 Å². The van der Waals surface area contributed by atoms with E-state index in [2.05, 4.69) is 20.9 Å². The van der Waals surface area contributed by atoms with Gasteiger partial charge in [-0.2, -0.15) is 5.01 Å². The Kier molecular flexibility index (Phi) is 6.31. The summed E-state index contributed by atoms with van der Waals surface area (Å²) in [4.78, 5) is 37.5. The van der Waals surface area contributed by atoms with Crippen LogP contribution in [0.2, 0.25) is 0 Å². The summed E-state index contributed by atoms with van der Waals surface area (Å²) in [6.07, 6.45) is 3.90. The van der Waals surface area contributed by atoms with Crippen molar-refractivity contribution in [2.45, 2.75) is 42.8 Å². The average Bonchev–Trinajstić information content (AvgIpc) is 3.30. The first-order valence-electron chi connectivity index (χ1n) is 10.4. The van der Waals surface area contributed by atoms with Gasteiger partial charge >= 0.3 is 6.03 Å². The molecule has 2 aliphatic rings. The van der Waals surface area contributed by atoms with E-state index in [1.165, 1.54) is 18.9 Å². The van der Waals surface area contributed by atoms with E-state index in [0.717, 1.165) is 36.0 Å². The lowest BCUT2D eigenvalue weighted by molar-refractivity contribution is -0.139. The second-order valence-corrected chi connectivity index (χ2v) is 8.73. The van der Waals surface area contributed by atoms with Gasteiger partial charge in [0.1, 0.15) is 5.54 Å². The molecule has 2 heterocycles. The van der Waals surface area contributed by atoms with Crippen LogP contribution >= 0.6 is 11.8 Å². The second kappa shape index (κ2) is 9.17. The highest BCUT2D eigenvalue weighted by Gasteiger charge is 2.52. The molecule has 33 heavy (non-hydrogen) atoms. The van der Waals surface area contributed by atoms with Crippen LogP contribution in [0.25, 0.3) is 11.4 Å². The number of hydrogen-bond acceptors (Lipinski definition) is 9. The molecule has 0 unspecified atom stereocenters. The number of rotatable bonds is 7. The van der Waals surface area contributed by atoms with E-state index >= 15 is 0 Å². The number of carbonyl (C=O) groups is 3. The molecular weight excluding hydrogens is 450 g/mol. The summed E-state index contributed by atoms with van der Waals surface area (Å²) >= 11 is 1.03. The number of thioether (sulfide) groups is 1. The number of nitrogen functional groups attached to an aromatic ring is 1. The number of carbonyl (C=O) groups excluding carboxylic acids is 3. The van der Waals surface area contributed by atoms with Crippen molar-refractivity contribution in [3.63, 3.8) is 0 Å². The van der Waals surface area contributed by atoms with Gasteiger partial charge in [0.15, 0.2) is 17.3 Å². The summed E-state index contributed by atoms with van der Waals surface area (Å²) in [5.41, 5.74) is 2.14. The number of amides is 4. The van der Waals surface area contributed by atoms with Gasteiger partial charge in [-0.25, -0.2) is 9.47 Å². The van der Waals surface area contributed by atoms with Gasteiger partial charge in [-0.15, -0.1) is 10.2 Å². The highest BCUT2D eigenvalue weighted by atomic mass is 32.2. The molecule has 1 aliphatic heterocycles. The molecule has 4 rings (SSSR count). The number of hydrazine groups is 1. The Hall–Kier alpha value is -3.48. The van der Waals surface area contributed by atoms with Gasteiger partial charge in [0.2, 0.25) is 11.1 Å². The maximum Gasteiger partial charge on any atom is 0.344 e. The number of benzene rings is 1. The molecule has 1 saturated heterocycles. The number of nitrogens with zero attached hydrogens (tertiary/aromatic N) is 4. The standard InChI is InChI=1S/C20H25N7O5S/c1-31-13-7-6-12(10-14(13)32-2)16-23-24-19(26(16)21)33-11-15(28)25-27-17(29)20(22-18(27)30)8-4-3-5-9-20/h6-7,10H,3-5,8-9,11,21H2,1-2H3,(H,22,30)(H,25,28). The minimum atomic E-state index is -0.901. The van der Waals surface area contributed by atoms with E-state index in [1.54, 1.807) is 18.2 Å². The molecule has 1 aromatic carbocycles. The van der Waals surface area contributed by atoms with Crippen LogP contribution in [-0.2, 0) is 9.59 Å². The van der Waals surface area contributed by atoms with E-state index in [0.29, 0.717) is 35.7 Å². The zero-order valence-corrected chi connectivity index (χ0v) is 19.1. The molecule has 13 heteroatoms. The number of nitrogens with two attached hydrogens (primary N) is 1. The van der Waals surface area contributed by atoms with E-state index in [-0.39, 0.29) is 10.9 Å². The van der Waals surface area contributed by atoms with Crippen LogP contribution in [0.5, 0.6) is 11.5 Å². The molecule has 176 valence electrons. The van der Waals surface area contributed by atoms with Gasteiger partial charge in [-0.1, -0.05) is 31.0 Å². The second-order valence-electron chi connectivity index (χ2n) is 7.78. The molecule has 0 atom stereocenters. The van der Waals surface area contributed by atoms with Crippen molar-refractivity contribution in [3.8, 4) is 22.9 Å². The summed E-state index contributed by atoms with van der Waals surface area (Å²) < 4.78 is 11.8. The van der Waals surface area contributed by atoms with E-state index < -0.39 is 23.4 Å². The number of methoxy groups -OCH3 is 2. The van der Waals surface area contributed by atoms with Crippen molar-refractivity contribution >= 4 is 29.6 Å². The zero-order chi connectivity index (χ0) is 23.6. The summed E-state index contributed by atoms with van der Waals surface area (Å²) in [5, 5.41) is 11.9. The van der Waals surface area contributed by atoms with Gasteiger partial charge in [0.25, 0.3) is 5.91 Å². The minimum absolute atomic E-state index is 0.120. The lowest BCUT2D eigenvalue weighted by Crippen LogP contribution is -2.51. The number of ether oxygens (including phenoxy) is 2. The summed E-state index contributed by atoms with van der Waals surface area (Å²) in [6, 6.07) is 4.58. The largest absolute Gasteiger partial charge is 0.493 e. The van der Waals surface area contributed by atoms with Gasteiger partial charge in [0, 0.05) is 5.56 Å². The van der Waals surface area contributed by atoms with E-state index in [1.807, 2.05) is 0 Å². The first-order chi connectivity index (χ1) is 15.9. The summed E-state index contributed by atoms with van der Waals surface area (Å²) in [7, 11) is 3.06. The topological polar surface area (TPSA) is 154 Å². The molecular formula is C20H25N7O5S. The summed E-state index contributed by atoms with van der Waals surface area (Å²) in [5.74, 6) is 6.49. The van der Waals surface area contributed by atoms with Gasteiger partial charge in [-0.3, -0.25) is 15.0 Å². The molecule has 2 fully saturated rings. The van der Waals surface area contributed by atoms with Crippen LogP contribution in [0.4, 0.5) is 4.79 Å². The highest BCUT2D eigenvalue weighted by molar-refractivity contribution is 7.99. The molecule has 0 radical (unpaired) electrons. The number of hydrogen-bond donors (Lipinski definition) is 3. The third-order valence-corrected chi connectivity index (χ3v) is 6.69. The van der Waals surface area contributed by atoms with Crippen molar-refractivity contribution < 1.29 is 23.9 Å². The first kappa shape index (κ1) is 22.7. The maximum absolute atomic E-state index is 12.8. The average molecular weight is 476 g/mol. The fourth-order valence-corrected chi connectivity index (χ4v) is 4.70. The smallest absolute Gasteiger partial charge is 0.344 e. The molecule has 4 amide bonds. The van der Waals surface area contributed by atoms with E-state index in [9.17, 15) is 14.4 Å². The quantitative estimate of drug-likeness (QED) is 0.303. The van der Waals surface area contributed by atoms with Gasteiger partial charge < -0.3 is 20.6 Å². The lowest BCUT2D eigenvalue weighted by atomic mass is 9.82. The SMILES string of the molecule is COc1ccc(-c2nnc(SCC(=O)NN3C(=O)NC4(CCCCC4)C3=O)n2N)cc1OC. The zero-order valence-electron chi connectivity index (χ0n) is 18.3. The lowest BCUT2D eigenvalue weighted by Gasteiger charge is -2.30. The van der Waals surface area contributed by atoms with Crippen LogP contribution in [-0.4, -0.2) is 63.2 Å². The van der Waals surface area contributed by atoms with E-state index in [4.69, 9.17) is 15.3 Å². The number of imide groups is 1. The van der Waals surface area contributed by atoms with Crippen molar-refractivity contribution in [2.24, 2.45) is 0 Å². The summed E-state index contributed by atoms with van der Waals surface area (Å²) in [6.45, 7) is 0. The third kappa shape index (κ3) is 4.27. The first-order valence-corrected chi connectivity index (χ1v) is 11.4. The third-order valence-electron chi connectivity index (χ3n) is 5.74. The van der Waals surface area contributed by atoms with Crippen molar-refractivity contribution in [1.29, 1.82) is 0 Å².